The molecule has 17 heavy (non-hydrogen) atoms. The average Bonchev–Trinajstić information content (AvgIpc) is 2.32. The van der Waals surface area contributed by atoms with Crippen LogP contribution in [0.2, 0.25) is 0 Å². The molecule has 0 aromatic carbocycles. The van der Waals surface area contributed by atoms with E-state index in [4.69, 9.17) is 14.7 Å². The summed E-state index contributed by atoms with van der Waals surface area (Å²) in [6, 6.07) is 0.422. The molecule has 6 heteroatoms. The van der Waals surface area contributed by atoms with E-state index in [-0.39, 0.29) is 12.6 Å². The van der Waals surface area contributed by atoms with Crippen LogP contribution in [0.15, 0.2) is 0 Å². The van der Waals surface area contributed by atoms with Gasteiger partial charge >= 0.3 is 0 Å². The Kier molecular flexibility index (Phi) is 9.21. The number of aliphatic hydroxyl groups is 1. The molecule has 0 aromatic heterocycles. The normalized spacial score (nSPS) is 15.9. The van der Waals surface area contributed by atoms with Gasteiger partial charge in [-0.15, -0.1) is 0 Å². The van der Waals surface area contributed by atoms with E-state index >= 15 is 0 Å². The van der Waals surface area contributed by atoms with Gasteiger partial charge < -0.3 is 9.84 Å². The molecule has 5 nitrogen and oxygen atoms in total. The highest BCUT2D eigenvalue weighted by Crippen LogP contribution is 2.05. The Morgan fingerprint density at radius 2 is 1.94 bits per heavy atom. The summed E-state index contributed by atoms with van der Waals surface area (Å²) in [6.07, 6.45) is 0.916. The molecule has 0 fully saturated rings. The molecule has 3 N–H and O–H groups in total. The van der Waals surface area contributed by atoms with Gasteiger partial charge in [0.2, 0.25) is 0 Å². The van der Waals surface area contributed by atoms with Gasteiger partial charge in [0.05, 0.1) is 19.3 Å². The van der Waals surface area contributed by atoms with Crippen LogP contribution in [-0.4, -0.2) is 42.6 Å². The summed E-state index contributed by atoms with van der Waals surface area (Å²) in [5.74, 6) is 0. The van der Waals surface area contributed by atoms with Crippen molar-refractivity contribution in [3.8, 4) is 0 Å². The van der Waals surface area contributed by atoms with Gasteiger partial charge in [0, 0.05) is 12.6 Å². The first-order valence-corrected chi connectivity index (χ1v) is 6.37. The molecular formula is C11H26N2O3S. The van der Waals surface area contributed by atoms with E-state index in [9.17, 15) is 0 Å². The van der Waals surface area contributed by atoms with Gasteiger partial charge in [-0.05, 0) is 34.1 Å². The largest absolute Gasteiger partial charge is 0.393 e. The highest BCUT2D eigenvalue weighted by atomic mass is 32.1. The number of hydroxylamine groups is 1. The number of aliphatic hydroxyl groups excluding tert-OH is 1. The molecule has 1 unspecified atom stereocenters. The van der Waals surface area contributed by atoms with Gasteiger partial charge in [-0.1, -0.05) is 12.8 Å². The first-order chi connectivity index (χ1) is 7.91. The van der Waals surface area contributed by atoms with Crippen molar-refractivity contribution in [2.45, 2.75) is 51.8 Å². The highest BCUT2D eigenvalue weighted by Gasteiger charge is 2.18. The number of hydrogen-bond acceptors (Lipinski definition) is 6. The van der Waals surface area contributed by atoms with Crippen LogP contribution < -0.4 is 10.2 Å². The maximum Gasteiger partial charge on any atom is 0.107 e. The fourth-order valence-electron chi connectivity index (χ4n) is 0.911. The Bertz CT molecular complexity index is 194. The van der Waals surface area contributed by atoms with E-state index in [0.717, 1.165) is 6.42 Å². The monoisotopic (exact) mass is 266 g/mol. The van der Waals surface area contributed by atoms with Crippen LogP contribution in [0.25, 0.3) is 0 Å². The lowest BCUT2D eigenvalue weighted by Gasteiger charge is -2.25. The summed E-state index contributed by atoms with van der Waals surface area (Å²) < 4.78 is 8.34. The number of rotatable bonds is 10. The van der Waals surface area contributed by atoms with Crippen molar-refractivity contribution in [2.75, 3.05) is 19.8 Å². The standard InChI is InChI=1S/C11H26N2O3S/c1-9(13-17)5-6-15-7-10(2)12-16-11(3,4)8-14/h9-10,12-14,17H,5-8H2,1-4H3/t9-,10?/m0/s1. The van der Waals surface area contributed by atoms with Crippen LogP contribution in [0.1, 0.15) is 34.1 Å². The lowest BCUT2D eigenvalue weighted by molar-refractivity contribution is -0.126. The summed E-state index contributed by atoms with van der Waals surface area (Å²) >= 11 is 3.97. The van der Waals surface area contributed by atoms with Gasteiger partial charge in [-0.2, -0.15) is 5.48 Å². The van der Waals surface area contributed by atoms with E-state index in [1.54, 1.807) is 0 Å². The fraction of sp³-hybridized carbons (Fsp3) is 1.00. The maximum atomic E-state index is 9.00. The summed E-state index contributed by atoms with van der Waals surface area (Å²) in [6.45, 7) is 8.86. The first-order valence-electron chi connectivity index (χ1n) is 5.93. The van der Waals surface area contributed by atoms with Gasteiger partial charge in [0.15, 0.2) is 0 Å². The van der Waals surface area contributed by atoms with E-state index < -0.39 is 5.60 Å². The Morgan fingerprint density at radius 1 is 1.29 bits per heavy atom. The van der Waals surface area contributed by atoms with Crippen LogP contribution >= 0.6 is 12.8 Å². The molecule has 0 heterocycles. The SMILES string of the molecule is CC(COCC[C@H](C)NS)NOC(C)(C)CO. The van der Waals surface area contributed by atoms with E-state index in [2.05, 4.69) is 23.0 Å². The molecule has 0 aliphatic rings. The topological polar surface area (TPSA) is 62.8 Å². The summed E-state index contributed by atoms with van der Waals surface area (Å²) in [5.41, 5.74) is 2.29. The van der Waals surface area contributed by atoms with Crippen molar-refractivity contribution in [3.63, 3.8) is 0 Å². The Hall–Kier alpha value is 0.150. The van der Waals surface area contributed by atoms with Crippen LogP contribution in [0.5, 0.6) is 0 Å². The third kappa shape index (κ3) is 9.82. The van der Waals surface area contributed by atoms with Crippen LogP contribution in [0, 0.1) is 0 Å². The molecule has 0 aromatic rings. The van der Waals surface area contributed by atoms with Crippen LogP contribution in [0.4, 0.5) is 0 Å². The molecule has 0 rings (SSSR count). The average molecular weight is 266 g/mol. The second-order valence-corrected chi connectivity index (χ2v) is 5.19. The Balaban J connectivity index is 3.50. The lowest BCUT2D eigenvalue weighted by atomic mass is 10.2. The quantitative estimate of drug-likeness (QED) is 0.269. The van der Waals surface area contributed by atoms with Crippen LogP contribution in [-0.2, 0) is 9.57 Å². The third-order valence-corrected chi connectivity index (χ3v) is 2.64. The summed E-state index contributed by atoms with van der Waals surface area (Å²) in [7, 11) is 0. The fourth-order valence-corrected chi connectivity index (χ4v) is 1.04. The minimum atomic E-state index is -0.571. The predicted octanol–water partition coefficient (Wildman–Crippen LogP) is 0.897. The first kappa shape index (κ1) is 17.2. The zero-order chi connectivity index (χ0) is 13.3. The molecule has 2 atom stereocenters. The van der Waals surface area contributed by atoms with Crippen molar-refractivity contribution < 1.29 is 14.7 Å². The number of ether oxygens (including phenoxy) is 1. The number of hydrogen-bond donors (Lipinski definition) is 4. The second-order valence-electron chi connectivity index (χ2n) is 4.93. The Morgan fingerprint density at radius 3 is 2.47 bits per heavy atom. The smallest absolute Gasteiger partial charge is 0.107 e. The van der Waals surface area contributed by atoms with Gasteiger partial charge in [-0.3, -0.25) is 9.56 Å². The van der Waals surface area contributed by atoms with E-state index in [0.29, 0.717) is 19.3 Å². The van der Waals surface area contributed by atoms with Crippen molar-refractivity contribution in [1.29, 1.82) is 0 Å². The van der Waals surface area contributed by atoms with Crippen molar-refractivity contribution in [2.24, 2.45) is 0 Å². The van der Waals surface area contributed by atoms with Crippen molar-refractivity contribution >= 4 is 12.8 Å². The molecule has 104 valence electrons. The minimum absolute atomic E-state index is 0.0291. The van der Waals surface area contributed by atoms with Crippen LogP contribution in [0.3, 0.4) is 0 Å². The molecule has 0 saturated carbocycles. The molecule has 0 aliphatic carbocycles. The molecule has 0 radical (unpaired) electrons. The number of thiol groups is 1. The molecule has 0 amide bonds. The molecular weight excluding hydrogens is 240 g/mol. The van der Waals surface area contributed by atoms with Gasteiger partial charge in [0.1, 0.15) is 5.60 Å². The molecule has 0 saturated heterocycles. The van der Waals surface area contributed by atoms with E-state index in [1.165, 1.54) is 0 Å². The maximum absolute atomic E-state index is 9.00. The molecule has 0 spiro atoms. The van der Waals surface area contributed by atoms with E-state index in [1.807, 2.05) is 27.7 Å². The molecule has 0 bridgehead atoms. The lowest BCUT2D eigenvalue weighted by Crippen LogP contribution is -2.41. The minimum Gasteiger partial charge on any atom is -0.393 e. The summed E-state index contributed by atoms with van der Waals surface area (Å²) in [5, 5.41) is 9.00. The Labute approximate surface area is 110 Å². The highest BCUT2D eigenvalue weighted by molar-refractivity contribution is 7.78. The van der Waals surface area contributed by atoms with Gasteiger partial charge in [-0.25, -0.2) is 0 Å². The predicted molar refractivity (Wildman–Crippen MR) is 71.9 cm³/mol. The van der Waals surface area contributed by atoms with Crippen molar-refractivity contribution in [1.82, 2.24) is 10.2 Å². The molecule has 0 aliphatic heterocycles. The zero-order valence-corrected chi connectivity index (χ0v) is 12.1. The third-order valence-electron chi connectivity index (χ3n) is 2.20. The van der Waals surface area contributed by atoms with Crippen molar-refractivity contribution in [3.05, 3.63) is 0 Å². The van der Waals surface area contributed by atoms with Gasteiger partial charge in [0.25, 0.3) is 0 Å². The summed E-state index contributed by atoms with van der Waals surface area (Å²) in [4.78, 5) is 5.34. The number of nitrogens with one attached hydrogen (secondary N) is 2. The zero-order valence-electron chi connectivity index (χ0n) is 11.2. The second kappa shape index (κ2) is 9.13.